The van der Waals surface area contributed by atoms with Gasteiger partial charge in [-0.1, -0.05) is 12.1 Å². The lowest BCUT2D eigenvalue weighted by Crippen LogP contribution is -2.44. The number of rotatable bonds is 4. The first-order valence-corrected chi connectivity index (χ1v) is 7.89. The Morgan fingerprint density at radius 2 is 1.83 bits per heavy atom. The zero-order valence-corrected chi connectivity index (χ0v) is 13.9. The average molecular weight is 327 g/mol. The molecule has 1 amide bonds. The van der Waals surface area contributed by atoms with E-state index in [2.05, 4.69) is 32.4 Å². The van der Waals surface area contributed by atoms with Crippen molar-refractivity contribution in [3.63, 3.8) is 0 Å². The number of carbonyl (C=O) groups excluding carboxylic acids is 1. The first-order chi connectivity index (χ1) is 11.7. The maximum Gasteiger partial charge on any atom is 0.276 e. The van der Waals surface area contributed by atoms with Crippen LogP contribution in [0.25, 0.3) is 0 Å². The van der Waals surface area contributed by atoms with Crippen LogP contribution in [0.3, 0.4) is 0 Å². The Labute approximate surface area is 141 Å². The van der Waals surface area contributed by atoms with Gasteiger partial charge in [0.05, 0.1) is 12.8 Å². The predicted octanol–water partition coefficient (Wildman–Crippen LogP) is 1.49. The highest BCUT2D eigenvalue weighted by molar-refractivity contribution is 6.03. The van der Waals surface area contributed by atoms with Crippen molar-refractivity contribution in [3.8, 4) is 5.75 Å². The van der Waals surface area contributed by atoms with Crippen molar-refractivity contribution >= 4 is 17.4 Å². The Morgan fingerprint density at radius 3 is 2.50 bits per heavy atom. The second kappa shape index (κ2) is 7.27. The summed E-state index contributed by atoms with van der Waals surface area (Å²) in [5.74, 6) is 1.10. The third kappa shape index (κ3) is 3.62. The molecule has 0 radical (unpaired) electrons. The van der Waals surface area contributed by atoms with Gasteiger partial charge in [0.15, 0.2) is 11.5 Å². The topological polar surface area (TPSA) is 70.6 Å². The maximum absolute atomic E-state index is 12.3. The van der Waals surface area contributed by atoms with Crippen molar-refractivity contribution in [2.45, 2.75) is 0 Å². The van der Waals surface area contributed by atoms with E-state index in [1.807, 2.05) is 18.2 Å². The van der Waals surface area contributed by atoms with Gasteiger partial charge in [0, 0.05) is 26.2 Å². The lowest BCUT2D eigenvalue weighted by molar-refractivity contribution is 0.102. The summed E-state index contributed by atoms with van der Waals surface area (Å²) in [6, 6.07) is 10.8. The van der Waals surface area contributed by atoms with Crippen LogP contribution in [0.15, 0.2) is 36.4 Å². The van der Waals surface area contributed by atoms with Crippen LogP contribution in [0.4, 0.5) is 11.5 Å². The fourth-order valence-corrected chi connectivity index (χ4v) is 2.58. The molecule has 24 heavy (non-hydrogen) atoms. The number of para-hydroxylation sites is 2. The number of nitrogens with one attached hydrogen (secondary N) is 1. The van der Waals surface area contributed by atoms with E-state index < -0.39 is 0 Å². The molecule has 126 valence electrons. The number of hydrogen-bond acceptors (Lipinski definition) is 6. The number of carbonyl (C=O) groups is 1. The van der Waals surface area contributed by atoms with Crippen LogP contribution in [-0.4, -0.2) is 61.3 Å². The molecule has 0 unspecified atom stereocenters. The van der Waals surface area contributed by atoms with Gasteiger partial charge in [-0.3, -0.25) is 4.79 Å². The summed E-state index contributed by atoms with van der Waals surface area (Å²) in [5.41, 5.74) is 0.883. The lowest BCUT2D eigenvalue weighted by Gasteiger charge is -2.32. The van der Waals surface area contributed by atoms with Gasteiger partial charge in [0.1, 0.15) is 5.75 Å². The molecule has 2 aromatic rings. The molecule has 1 fully saturated rings. The van der Waals surface area contributed by atoms with Crippen LogP contribution in [0.2, 0.25) is 0 Å². The number of likely N-dealkylation sites (N-methyl/N-ethyl adjacent to an activating group) is 1. The van der Waals surface area contributed by atoms with Crippen molar-refractivity contribution in [1.82, 2.24) is 15.1 Å². The van der Waals surface area contributed by atoms with Crippen molar-refractivity contribution in [2.75, 3.05) is 50.6 Å². The van der Waals surface area contributed by atoms with E-state index in [4.69, 9.17) is 4.74 Å². The number of nitrogens with zero attached hydrogens (tertiary/aromatic N) is 4. The zero-order chi connectivity index (χ0) is 16.9. The molecule has 3 rings (SSSR count). The molecule has 0 atom stereocenters. The molecule has 1 aromatic carbocycles. The molecule has 1 N–H and O–H groups in total. The number of hydrogen-bond donors (Lipinski definition) is 1. The van der Waals surface area contributed by atoms with Gasteiger partial charge in [-0.25, -0.2) is 0 Å². The summed E-state index contributed by atoms with van der Waals surface area (Å²) < 4.78 is 5.23. The number of piperazine rings is 1. The highest BCUT2D eigenvalue weighted by Gasteiger charge is 2.17. The number of ether oxygens (including phenoxy) is 1. The summed E-state index contributed by atoms with van der Waals surface area (Å²) in [4.78, 5) is 16.8. The molecule has 2 heterocycles. The molecule has 1 aliphatic rings. The van der Waals surface area contributed by atoms with E-state index in [9.17, 15) is 4.79 Å². The van der Waals surface area contributed by atoms with E-state index in [1.54, 1.807) is 25.3 Å². The molecule has 0 bridgehead atoms. The number of amides is 1. The summed E-state index contributed by atoms with van der Waals surface area (Å²) in [7, 11) is 3.67. The van der Waals surface area contributed by atoms with Crippen molar-refractivity contribution in [2.24, 2.45) is 0 Å². The number of benzene rings is 1. The second-order valence-corrected chi connectivity index (χ2v) is 5.72. The molecule has 1 aliphatic heterocycles. The Balaban J connectivity index is 1.68. The fraction of sp³-hybridized carbons (Fsp3) is 0.353. The van der Waals surface area contributed by atoms with Crippen LogP contribution in [-0.2, 0) is 0 Å². The first kappa shape index (κ1) is 16.2. The van der Waals surface area contributed by atoms with E-state index in [1.165, 1.54) is 0 Å². The van der Waals surface area contributed by atoms with Crippen LogP contribution in [0.5, 0.6) is 5.75 Å². The van der Waals surface area contributed by atoms with E-state index in [-0.39, 0.29) is 11.6 Å². The van der Waals surface area contributed by atoms with E-state index >= 15 is 0 Å². The van der Waals surface area contributed by atoms with E-state index in [0.717, 1.165) is 32.0 Å². The highest BCUT2D eigenvalue weighted by atomic mass is 16.5. The van der Waals surface area contributed by atoms with Gasteiger partial charge in [-0.15, -0.1) is 10.2 Å². The second-order valence-electron chi connectivity index (χ2n) is 5.72. The van der Waals surface area contributed by atoms with Crippen molar-refractivity contribution < 1.29 is 9.53 Å². The largest absolute Gasteiger partial charge is 0.495 e. The number of aromatic nitrogens is 2. The third-order valence-corrected chi connectivity index (χ3v) is 4.07. The SMILES string of the molecule is COc1ccccc1NC(=O)c1ccc(N2CCN(C)CC2)nn1. The van der Waals surface area contributed by atoms with Gasteiger partial charge in [-0.05, 0) is 31.3 Å². The maximum atomic E-state index is 12.3. The minimum absolute atomic E-state index is 0.277. The highest BCUT2D eigenvalue weighted by Crippen LogP contribution is 2.23. The van der Waals surface area contributed by atoms with Gasteiger partial charge in [0.25, 0.3) is 5.91 Å². The smallest absolute Gasteiger partial charge is 0.276 e. The van der Waals surface area contributed by atoms with Gasteiger partial charge in [0.2, 0.25) is 0 Å². The monoisotopic (exact) mass is 327 g/mol. The van der Waals surface area contributed by atoms with Crippen molar-refractivity contribution in [1.29, 1.82) is 0 Å². The summed E-state index contributed by atoms with van der Waals surface area (Å²) in [5, 5.41) is 11.1. The molecule has 1 saturated heterocycles. The Morgan fingerprint density at radius 1 is 1.08 bits per heavy atom. The first-order valence-electron chi connectivity index (χ1n) is 7.89. The molecule has 1 aromatic heterocycles. The molecule has 7 nitrogen and oxygen atoms in total. The summed E-state index contributed by atoms with van der Waals surface area (Å²) in [6.07, 6.45) is 0. The molecule has 0 aliphatic carbocycles. The number of anilines is 2. The molecule has 7 heteroatoms. The standard InChI is InChI=1S/C17H21N5O2/c1-21-9-11-22(12-10-21)16-8-7-14(19-20-16)17(23)18-13-5-3-4-6-15(13)24-2/h3-8H,9-12H2,1-2H3,(H,18,23). The number of methoxy groups -OCH3 is 1. The Hall–Kier alpha value is -2.67. The van der Waals surface area contributed by atoms with Gasteiger partial charge >= 0.3 is 0 Å². The van der Waals surface area contributed by atoms with Crippen LogP contribution in [0.1, 0.15) is 10.5 Å². The minimum Gasteiger partial charge on any atom is -0.495 e. The lowest BCUT2D eigenvalue weighted by atomic mass is 10.2. The Kier molecular flexibility index (Phi) is 4.90. The van der Waals surface area contributed by atoms with Crippen LogP contribution in [0, 0.1) is 0 Å². The van der Waals surface area contributed by atoms with Gasteiger partial charge in [-0.2, -0.15) is 0 Å². The van der Waals surface area contributed by atoms with Crippen molar-refractivity contribution in [3.05, 3.63) is 42.1 Å². The molecular weight excluding hydrogens is 306 g/mol. The average Bonchev–Trinajstić information content (AvgIpc) is 2.63. The third-order valence-electron chi connectivity index (χ3n) is 4.07. The van der Waals surface area contributed by atoms with Gasteiger partial charge < -0.3 is 19.9 Å². The Bertz CT molecular complexity index is 696. The minimum atomic E-state index is -0.308. The summed E-state index contributed by atoms with van der Waals surface area (Å²) >= 11 is 0. The zero-order valence-electron chi connectivity index (χ0n) is 13.9. The fourth-order valence-electron chi connectivity index (χ4n) is 2.58. The quantitative estimate of drug-likeness (QED) is 0.917. The van der Waals surface area contributed by atoms with Crippen LogP contribution < -0.4 is 15.0 Å². The predicted molar refractivity (Wildman–Crippen MR) is 92.7 cm³/mol. The van der Waals surface area contributed by atoms with E-state index in [0.29, 0.717) is 11.4 Å². The van der Waals surface area contributed by atoms with Crippen LogP contribution >= 0.6 is 0 Å². The normalized spacial score (nSPS) is 15.2. The molecular formula is C17H21N5O2. The summed E-state index contributed by atoms with van der Waals surface area (Å²) in [6.45, 7) is 3.82. The molecule has 0 saturated carbocycles. The molecule has 0 spiro atoms.